The molecule has 5 rings (SSSR count). The molecule has 1 unspecified atom stereocenters. The number of hydrogen-bond donors (Lipinski definition) is 1. The highest BCUT2D eigenvalue weighted by atomic mass is 16.5. The van der Waals surface area contributed by atoms with Crippen LogP contribution in [0.3, 0.4) is 0 Å². The number of Topliss-reactive ketones (excluding diaryl/α,β-unsaturated/α-hetero) is 1. The molecule has 212 valence electrons. The number of nitrogens with one attached hydrogen (secondary N) is 1. The summed E-state index contributed by atoms with van der Waals surface area (Å²) in [5.74, 6) is -2.37. The molecule has 1 N–H and O–H groups in total. The van der Waals surface area contributed by atoms with Crippen LogP contribution >= 0.6 is 0 Å². The first kappa shape index (κ1) is 28.0. The first-order valence-electron chi connectivity index (χ1n) is 13.9. The fourth-order valence-corrected chi connectivity index (χ4v) is 5.35. The average molecular weight is 555 g/mol. The third-order valence-electron chi connectivity index (χ3n) is 7.44. The van der Waals surface area contributed by atoms with Gasteiger partial charge in [0.05, 0.1) is 24.5 Å². The largest absolute Gasteiger partial charge is 0.378 e. The van der Waals surface area contributed by atoms with Crippen LogP contribution in [-0.2, 0) is 25.7 Å². The van der Waals surface area contributed by atoms with Gasteiger partial charge in [-0.2, -0.15) is 0 Å². The van der Waals surface area contributed by atoms with Crippen molar-refractivity contribution in [2.45, 2.75) is 26.4 Å². The maximum absolute atomic E-state index is 13.9. The van der Waals surface area contributed by atoms with Crippen molar-refractivity contribution in [2.24, 2.45) is 5.92 Å². The van der Waals surface area contributed by atoms with E-state index in [2.05, 4.69) is 10.2 Å². The maximum atomic E-state index is 13.9. The highest BCUT2D eigenvalue weighted by molar-refractivity contribution is 6.52. The van der Waals surface area contributed by atoms with Gasteiger partial charge in [0.1, 0.15) is 12.6 Å². The van der Waals surface area contributed by atoms with Crippen LogP contribution in [0, 0.1) is 5.92 Å². The van der Waals surface area contributed by atoms with Gasteiger partial charge >= 0.3 is 0 Å². The molecule has 1 atom stereocenters. The van der Waals surface area contributed by atoms with E-state index in [1.165, 1.54) is 9.80 Å². The van der Waals surface area contributed by atoms with Gasteiger partial charge in [0, 0.05) is 31.0 Å². The second-order valence-electron chi connectivity index (χ2n) is 10.6. The number of carbonyl (C=O) groups is 4. The average Bonchev–Trinajstić information content (AvgIpc) is 3.23. The Bertz CT molecular complexity index is 1420. The normalized spacial score (nSPS) is 15.6. The molecule has 2 aliphatic heterocycles. The van der Waals surface area contributed by atoms with E-state index in [-0.39, 0.29) is 30.5 Å². The fraction of sp³-hybridized carbons (Fsp3) is 0.312. The molecule has 41 heavy (non-hydrogen) atoms. The van der Waals surface area contributed by atoms with E-state index in [9.17, 15) is 19.2 Å². The summed E-state index contributed by atoms with van der Waals surface area (Å²) in [5, 5.41) is 2.99. The molecule has 3 amide bonds. The van der Waals surface area contributed by atoms with Crippen molar-refractivity contribution < 1.29 is 23.9 Å². The quantitative estimate of drug-likeness (QED) is 0.405. The molecule has 1 fully saturated rings. The van der Waals surface area contributed by atoms with Crippen LogP contribution in [0.1, 0.15) is 29.8 Å². The lowest BCUT2D eigenvalue weighted by molar-refractivity contribution is -0.140. The van der Waals surface area contributed by atoms with Crippen LogP contribution in [0.25, 0.3) is 0 Å². The van der Waals surface area contributed by atoms with Crippen LogP contribution < -0.4 is 15.1 Å². The van der Waals surface area contributed by atoms with E-state index >= 15 is 0 Å². The Morgan fingerprint density at radius 1 is 0.902 bits per heavy atom. The molecule has 1 saturated heterocycles. The number of hydrogen-bond acceptors (Lipinski definition) is 6. The predicted molar refractivity (Wildman–Crippen MR) is 157 cm³/mol. The molecule has 0 aromatic heterocycles. The molecule has 3 aromatic carbocycles. The zero-order valence-electron chi connectivity index (χ0n) is 23.3. The van der Waals surface area contributed by atoms with Crippen LogP contribution in [0.15, 0.2) is 78.9 Å². The zero-order chi connectivity index (χ0) is 28.9. The zero-order valence-corrected chi connectivity index (χ0v) is 23.3. The molecule has 0 radical (unpaired) electrons. The molecule has 2 heterocycles. The Balaban J connectivity index is 1.38. The topological polar surface area (TPSA) is 99.3 Å². The summed E-state index contributed by atoms with van der Waals surface area (Å²) >= 11 is 0. The molecule has 0 saturated carbocycles. The lowest BCUT2D eigenvalue weighted by Gasteiger charge is -2.35. The van der Waals surface area contributed by atoms with E-state index in [0.29, 0.717) is 24.6 Å². The lowest BCUT2D eigenvalue weighted by atomic mass is 10.00. The van der Waals surface area contributed by atoms with E-state index in [1.807, 2.05) is 68.4 Å². The standard InChI is InChI=1S/C32H34N4O5/c1-22(2)29(31(39)33-24-12-14-25(15-13-24)34-16-18-41-19-17-34)36(20-23-8-4-3-5-9-23)28(37)21-35-27-11-7-6-10-26(27)30(38)32(35)40/h3-15,22,29H,16-21H2,1-2H3,(H,33,39). The Hall–Kier alpha value is -4.50. The number of anilines is 3. The number of benzene rings is 3. The Morgan fingerprint density at radius 2 is 1.56 bits per heavy atom. The summed E-state index contributed by atoms with van der Waals surface area (Å²) in [5.41, 5.74) is 3.20. The van der Waals surface area contributed by atoms with E-state index in [0.717, 1.165) is 24.3 Å². The minimum Gasteiger partial charge on any atom is -0.378 e. The summed E-state index contributed by atoms with van der Waals surface area (Å²) < 4.78 is 5.43. The third-order valence-corrected chi connectivity index (χ3v) is 7.44. The minimum atomic E-state index is -0.828. The number of nitrogens with zero attached hydrogens (tertiary/aromatic N) is 3. The number of carbonyl (C=O) groups excluding carboxylic acids is 4. The highest BCUT2D eigenvalue weighted by Crippen LogP contribution is 2.29. The molecule has 9 nitrogen and oxygen atoms in total. The van der Waals surface area contributed by atoms with Gasteiger partial charge in [-0.05, 0) is 47.9 Å². The number of ketones is 1. The lowest BCUT2D eigenvalue weighted by Crippen LogP contribution is -2.53. The maximum Gasteiger partial charge on any atom is 0.299 e. The van der Waals surface area contributed by atoms with Gasteiger partial charge in [-0.3, -0.25) is 24.1 Å². The van der Waals surface area contributed by atoms with Crippen molar-refractivity contribution in [1.82, 2.24) is 4.90 Å². The molecule has 0 bridgehead atoms. The van der Waals surface area contributed by atoms with Gasteiger partial charge in [0.15, 0.2) is 0 Å². The van der Waals surface area contributed by atoms with Crippen molar-refractivity contribution in [3.63, 3.8) is 0 Å². The molecule has 0 spiro atoms. The van der Waals surface area contributed by atoms with Crippen LogP contribution in [0.4, 0.5) is 17.1 Å². The first-order valence-corrected chi connectivity index (χ1v) is 13.9. The van der Waals surface area contributed by atoms with Crippen molar-refractivity contribution >= 4 is 40.6 Å². The SMILES string of the molecule is CC(C)C(C(=O)Nc1ccc(N2CCOCC2)cc1)N(Cc1ccccc1)C(=O)CN1C(=O)C(=O)c2ccccc21. The summed E-state index contributed by atoms with van der Waals surface area (Å²) in [6.07, 6.45) is 0. The van der Waals surface area contributed by atoms with Crippen molar-refractivity contribution in [2.75, 3.05) is 48.0 Å². The number of morpholine rings is 1. The first-order chi connectivity index (χ1) is 19.8. The number of amides is 3. The van der Waals surface area contributed by atoms with Gasteiger partial charge in [-0.25, -0.2) is 0 Å². The number of fused-ring (bicyclic) bond motifs is 1. The number of ether oxygens (including phenoxy) is 1. The second-order valence-corrected chi connectivity index (χ2v) is 10.6. The summed E-state index contributed by atoms with van der Waals surface area (Å²) in [6, 6.07) is 22.9. The van der Waals surface area contributed by atoms with Crippen molar-refractivity contribution in [1.29, 1.82) is 0 Å². The molecule has 2 aliphatic rings. The second kappa shape index (κ2) is 12.3. The van der Waals surface area contributed by atoms with Gasteiger partial charge in [-0.15, -0.1) is 0 Å². The minimum absolute atomic E-state index is 0.170. The third kappa shape index (κ3) is 6.15. The van der Waals surface area contributed by atoms with Gasteiger partial charge in [-0.1, -0.05) is 56.3 Å². The van der Waals surface area contributed by atoms with Gasteiger partial charge in [0.2, 0.25) is 11.8 Å². The number of para-hydroxylation sites is 1. The number of rotatable bonds is 9. The molecular formula is C32H34N4O5. The Labute approximate surface area is 239 Å². The van der Waals surface area contributed by atoms with Gasteiger partial charge in [0.25, 0.3) is 11.7 Å². The van der Waals surface area contributed by atoms with Crippen LogP contribution in [-0.4, -0.2) is 67.3 Å². The van der Waals surface area contributed by atoms with Crippen molar-refractivity contribution in [3.05, 3.63) is 90.0 Å². The summed E-state index contributed by atoms with van der Waals surface area (Å²) in [6.45, 7) is 6.59. The van der Waals surface area contributed by atoms with Gasteiger partial charge < -0.3 is 19.9 Å². The molecule has 3 aromatic rings. The predicted octanol–water partition coefficient (Wildman–Crippen LogP) is 3.74. The highest BCUT2D eigenvalue weighted by Gasteiger charge is 2.39. The van der Waals surface area contributed by atoms with E-state index < -0.39 is 23.6 Å². The fourth-order valence-electron chi connectivity index (χ4n) is 5.35. The van der Waals surface area contributed by atoms with Crippen molar-refractivity contribution in [3.8, 4) is 0 Å². The summed E-state index contributed by atoms with van der Waals surface area (Å²) in [7, 11) is 0. The summed E-state index contributed by atoms with van der Waals surface area (Å²) in [4.78, 5) is 58.0. The molecule has 0 aliphatic carbocycles. The smallest absolute Gasteiger partial charge is 0.299 e. The van der Waals surface area contributed by atoms with Crippen LogP contribution in [0.5, 0.6) is 0 Å². The monoisotopic (exact) mass is 554 g/mol. The Kier molecular flexibility index (Phi) is 8.45. The van der Waals surface area contributed by atoms with E-state index in [1.54, 1.807) is 24.3 Å². The van der Waals surface area contributed by atoms with E-state index in [4.69, 9.17) is 4.74 Å². The molecular weight excluding hydrogens is 520 g/mol. The molecule has 9 heteroatoms. The van der Waals surface area contributed by atoms with Crippen LogP contribution in [0.2, 0.25) is 0 Å². The Morgan fingerprint density at radius 3 is 2.24 bits per heavy atom.